The number of halogens is 1. The SMILES string of the molecule is CN(CCC#N)C(=O)CCc1ccccc1Cl. The van der Waals surface area contributed by atoms with Gasteiger partial charge in [-0.2, -0.15) is 5.26 Å². The third kappa shape index (κ3) is 4.46. The fourth-order valence-electron chi connectivity index (χ4n) is 1.48. The minimum Gasteiger partial charge on any atom is -0.345 e. The molecule has 0 aliphatic carbocycles. The Morgan fingerprint density at radius 3 is 2.82 bits per heavy atom. The predicted molar refractivity (Wildman–Crippen MR) is 67.6 cm³/mol. The van der Waals surface area contributed by atoms with Gasteiger partial charge in [-0.15, -0.1) is 0 Å². The van der Waals surface area contributed by atoms with Gasteiger partial charge in [0.15, 0.2) is 0 Å². The van der Waals surface area contributed by atoms with Crippen molar-refractivity contribution in [3.8, 4) is 6.07 Å². The molecule has 4 heteroatoms. The number of aryl methyl sites for hydroxylation is 1. The van der Waals surface area contributed by atoms with Gasteiger partial charge in [-0.1, -0.05) is 29.8 Å². The second-order valence-electron chi connectivity index (χ2n) is 3.81. The highest BCUT2D eigenvalue weighted by Crippen LogP contribution is 2.16. The molecule has 1 rings (SSSR count). The first-order chi connectivity index (χ1) is 8.15. The number of carbonyl (C=O) groups is 1. The van der Waals surface area contributed by atoms with Crippen LogP contribution in [0, 0.1) is 11.3 Å². The van der Waals surface area contributed by atoms with Gasteiger partial charge in [-0.05, 0) is 18.1 Å². The topological polar surface area (TPSA) is 44.1 Å². The largest absolute Gasteiger partial charge is 0.345 e. The van der Waals surface area contributed by atoms with Gasteiger partial charge in [0.05, 0.1) is 12.5 Å². The first-order valence-electron chi connectivity index (χ1n) is 5.49. The highest BCUT2D eigenvalue weighted by Gasteiger charge is 2.09. The van der Waals surface area contributed by atoms with E-state index in [-0.39, 0.29) is 5.91 Å². The van der Waals surface area contributed by atoms with Crippen molar-refractivity contribution in [3.05, 3.63) is 34.9 Å². The summed E-state index contributed by atoms with van der Waals surface area (Å²) in [4.78, 5) is 13.3. The average Bonchev–Trinajstić information content (AvgIpc) is 2.34. The molecular weight excluding hydrogens is 236 g/mol. The summed E-state index contributed by atoms with van der Waals surface area (Å²) in [5, 5.41) is 9.13. The van der Waals surface area contributed by atoms with E-state index in [0.29, 0.717) is 30.8 Å². The number of nitriles is 1. The van der Waals surface area contributed by atoms with Gasteiger partial charge < -0.3 is 4.90 Å². The molecule has 0 saturated carbocycles. The minimum atomic E-state index is 0.0418. The van der Waals surface area contributed by atoms with E-state index >= 15 is 0 Å². The van der Waals surface area contributed by atoms with Crippen LogP contribution in [0.4, 0.5) is 0 Å². The summed E-state index contributed by atoms with van der Waals surface area (Å²) in [6, 6.07) is 9.54. The molecule has 0 spiro atoms. The lowest BCUT2D eigenvalue weighted by molar-refractivity contribution is -0.129. The Balaban J connectivity index is 2.43. The van der Waals surface area contributed by atoms with E-state index in [9.17, 15) is 4.79 Å². The molecule has 90 valence electrons. The lowest BCUT2D eigenvalue weighted by atomic mass is 10.1. The van der Waals surface area contributed by atoms with Crippen molar-refractivity contribution in [1.82, 2.24) is 4.90 Å². The van der Waals surface area contributed by atoms with Gasteiger partial charge in [0.1, 0.15) is 0 Å². The fourth-order valence-corrected chi connectivity index (χ4v) is 1.71. The van der Waals surface area contributed by atoms with E-state index in [1.54, 1.807) is 11.9 Å². The van der Waals surface area contributed by atoms with Gasteiger partial charge in [0.25, 0.3) is 0 Å². The maximum atomic E-state index is 11.7. The lowest BCUT2D eigenvalue weighted by Crippen LogP contribution is -2.27. The van der Waals surface area contributed by atoms with Crippen LogP contribution in [-0.2, 0) is 11.2 Å². The van der Waals surface area contributed by atoms with Crippen LogP contribution in [0.5, 0.6) is 0 Å². The van der Waals surface area contributed by atoms with Gasteiger partial charge in [-0.25, -0.2) is 0 Å². The van der Waals surface area contributed by atoms with Gasteiger partial charge in [0, 0.05) is 25.0 Å². The Morgan fingerprint density at radius 1 is 1.47 bits per heavy atom. The van der Waals surface area contributed by atoms with Crippen molar-refractivity contribution >= 4 is 17.5 Å². The maximum Gasteiger partial charge on any atom is 0.222 e. The molecule has 0 atom stereocenters. The minimum absolute atomic E-state index is 0.0418. The summed E-state index contributed by atoms with van der Waals surface area (Å²) in [6.07, 6.45) is 1.43. The van der Waals surface area contributed by atoms with Gasteiger partial charge in [0.2, 0.25) is 5.91 Å². The van der Waals surface area contributed by atoms with Crippen molar-refractivity contribution in [2.75, 3.05) is 13.6 Å². The van der Waals surface area contributed by atoms with Crippen LogP contribution in [0.3, 0.4) is 0 Å². The van der Waals surface area contributed by atoms with E-state index in [1.807, 2.05) is 30.3 Å². The van der Waals surface area contributed by atoms with Gasteiger partial charge >= 0.3 is 0 Å². The highest BCUT2D eigenvalue weighted by molar-refractivity contribution is 6.31. The van der Waals surface area contributed by atoms with Crippen molar-refractivity contribution in [2.24, 2.45) is 0 Å². The normalized spacial score (nSPS) is 9.71. The van der Waals surface area contributed by atoms with E-state index in [1.165, 1.54) is 0 Å². The smallest absolute Gasteiger partial charge is 0.222 e. The molecule has 3 nitrogen and oxygen atoms in total. The summed E-state index contributed by atoms with van der Waals surface area (Å²) in [6.45, 7) is 0.484. The fraction of sp³-hybridized carbons (Fsp3) is 0.385. The summed E-state index contributed by atoms with van der Waals surface area (Å²) >= 11 is 6.00. The summed E-state index contributed by atoms with van der Waals surface area (Å²) in [5.41, 5.74) is 0.983. The van der Waals surface area contributed by atoms with Gasteiger partial charge in [-0.3, -0.25) is 4.79 Å². The summed E-state index contributed by atoms with van der Waals surface area (Å²) in [5.74, 6) is 0.0418. The molecular formula is C13H15ClN2O. The van der Waals surface area contributed by atoms with Crippen LogP contribution in [0.1, 0.15) is 18.4 Å². The Kier molecular flexibility index (Phi) is 5.51. The molecule has 0 fully saturated rings. The van der Waals surface area contributed by atoms with Crippen molar-refractivity contribution in [3.63, 3.8) is 0 Å². The Morgan fingerprint density at radius 2 is 2.18 bits per heavy atom. The van der Waals surface area contributed by atoms with Crippen LogP contribution >= 0.6 is 11.6 Å². The number of amides is 1. The lowest BCUT2D eigenvalue weighted by Gasteiger charge is -2.15. The van der Waals surface area contributed by atoms with Crippen LogP contribution < -0.4 is 0 Å². The van der Waals surface area contributed by atoms with Crippen LogP contribution in [0.2, 0.25) is 5.02 Å². The predicted octanol–water partition coefficient (Wildman–Crippen LogP) is 2.64. The van der Waals surface area contributed by atoms with E-state index in [4.69, 9.17) is 16.9 Å². The first-order valence-corrected chi connectivity index (χ1v) is 5.87. The number of hydrogen-bond donors (Lipinski definition) is 0. The summed E-state index contributed by atoms with van der Waals surface area (Å²) < 4.78 is 0. The zero-order valence-corrected chi connectivity index (χ0v) is 10.6. The second-order valence-corrected chi connectivity index (χ2v) is 4.22. The zero-order valence-electron chi connectivity index (χ0n) is 9.82. The van der Waals surface area contributed by atoms with E-state index in [0.717, 1.165) is 5.56 Å². The second kappa shape index (κ2) is 6.93. The van der Waals surface area contributed by atoms with Crippen molar-refractivity contribution < 1.29 is 4.79 Å². The quantitative estimate of drug-likeness (QED) is 0.806. The summed E-state index contributed by atoms with van der Waals surface area (Å²) in [7, 11) is 1.71. The molecule has 0 aromatic heterocycles. The molecule has 1 aromatic rings. The van der Waals surface area contributed by atoms with Crippen LogP contribution in [-0.4, -0.2) is 24.4 Å². The monoisotopic (exact) mass is 250 g/mol. The van der Waals surface area contributed by atoms with Crippen LogP contribution in [0.15, 0.2) is 24.3 Å². The zero-order chi connectivity index (χ0) is 12.7. The van der Waals surface area contributed by atoms with Crippen molar-refractivity contribution in [1.29, 1.82) is 5.26 Å². The van der Waals surface area contributed by atoms with E-state index in [2.05, 4.69) is 0 Å². The third-order valence-corrected chi connectivity index (χ3v) is 2.92. The van der Waals surface area contributed by atoms with Crippen LogP contribution in [0.25, 0.3) is 0 Å². The Bertz CT molecular complexity index is 426. The molecule has 17 heavy (non-hydrogen) atoms. The average molecular weight is 251 g/mol. The number of hydrogen-bond acceptors (Lipinski definition) is 2. The number of benzene rings is 1. The number of carbonyl (C=O) groups excluding carboxylic acids is 1. The highest BCUT2D eigenvalue weighted by atomic mass is 35.5. The Labute approximate surface area is 107 Å². The standard InChI is InChI=1S/C13H15ClN2O/c1-16(10-4-9-15)13(17)8-7-11-5-2-3-6-12(11)14/h2-3,5-6H,4,7-8,10H2,1H3. The molecule has 0 heterocycles. The molecule has 1 amide bonds. The number of nitrogens with zero attached hydrogens (tertiary/aromatic N) is 2. The molecule has 0 bridgehead atoms. The molecule has 1 aromatic carbocycles. The van der Waals surface area contributed by atoms with Crippen molar-refractivity contribution in [2.45, 2.75) is 19.3 Å². The molecule has 0 aliphatic rings. The molecule has 0 N–H and O–H groups in total. The molecule has 0 aliphatic heterocycles. The third-order valence-electron chi connectivity index (χ3n) is 2.55. The molecule has 0 unspecified atom stereocenters. The van der Waals surface area contributed by atoms with E-state index < -0.39 is 0 Å². The molecule has 0 radical (unpaired) electrons. The Hall–Kier alpha value is -1.53. The number of rotatable bonds is 5. The maximum absolute atomic E-state index is 11.7. The molecule has 0 saturated heterocycles. The first kappa shape index (κ1) is 13.5.